The van der Waals surface area contributed by atoms with Crippen molar-refractivity contribution in [2.45, 2.75) is 44.9 Å². The van der Waals surface area contributed by atoms with Crippen LogP contribution in [0.15, 0.2) is 0 Å². The maximum Gasteiger partial charge on any atom is 0.233 e. The molecule has 0 unspecified atom stereocenters. The first kappa shape index (κ1) is 15.7. The number of halogens is 1. The Morgan fingerprint density at radius 3 is 2.25 bits per heavy atom. The van der Waals surface area contributed by atoms with Gasteiger partial charge in [0.2, 0.25) is 5.91 Å². The predicted molar refractivity (Wildman–Crippen MR) is 70.0 cm³/mol. The van der Waals surface area contributed by atoms with Gasteiger partial charge >= 0.3 is 0 Å². The van der Waals surface area contributed by atoms with Crippen LogP contribution in [0.5, 0.6) is 0 Å². The summed E-state index contributed by atoms with van der Waals surface area (Å²) < 4.78 is 0. The minimum absolute atomic E-state index is 0. The second kappa shape index (κ2) is 9.91. The summed E-state index contributed by atoms with van der Waals surface area (Å²) in [6.45, 7) is 1.31. The summed E-state index contributed by atoms with van der Waals surface area (Å²) in [7, 11) is 1.80. The highest BCUT2D eigenvalue weighted by Crippen LogP contribution is 2.21. The van der Waals surface area contributed by atoms with Crippen LogP contribution in [0.25, 0.3) is 0 Å². The minimum Gasteiger partial charge on any atom is -0.355 e. The Morgan fingerprint density at radius 1 is 1.12 bits per heavy atom. The predicted octanol–water partition coefficient (Wildman–Crippen LogP) is 2.10. The Labute approximate surface area is 105 Å². The molecule has 1 saturated carbocycles. The van der Waals surface area contributed by atoms with Gasteiger partial charge in [-0.3, -0.25) is 4.79 Å². The fourth-order valence-corrected chi connectivity index (χ4v) is 2.23. The van der Waals surface area contributed by atoms with Gasteiger partial charge in [0.25, 0.3) is 0 Å². The van der Waals surface area contributed by atoms with Crippen LogP contribution in [0.3, 0.4) is 0 Å². The standard InChI is InChI=1S/C12H24N2O.ClH/c1-13-10-12(15)14-9-11-7-5-3-2-4-6-8-11;/h11,13H,2-10H2,1H3,(H,14,15);1H. The Bertz CT molecular complexity index is 180. The van der Waals surface area contributed by atoms with E-state index < -0.39 is 0 Å². The molecule has 1 amide bonds. The highest BCUT2D eigenvalue weighted by molar-refractivity contribution is 5.85. The summed E-state index contributed by atoms with van der Waals surface area (Å²) >= 11 is 0. The van der Waals surface area contributed by atoms with Crippen LogP contribution in [0.4, 0.5) is 0 Å². The van der Waals surface area contributed by atoms with Crippen LogP contribution >= 0.6 is 12.4 Å². The third kappa shape index (κ3) is 7.07. The van der Waals surface area contributed by atoms with Crippen molar-refractivity contribution in [3.63, 3.8) is 0 Å². The topological polar surface area (TPSA) is 41.1 Å². The van der Waals surface area contributed by atoms with Crippen LogP contribution in [0, 0.1) is 5.92 Å². The molecule has 0 bridgehead atoms. The van der Waals surface area contributed by atoms with Gasteiger partial charge in [0.1, 0.15) is 0 Å². The summed E-state index contributed by atoms with van der Waals surface area (Å²) in [5.41, 5.74) is 0. The molecule has 0 aliphatic heterocycles. The molecule has 96 valence electrons. The lowest BCUT2D eigenvalue weighted by molar-refractivity contribution is -0.120. The molecule has 4 heteroatoms. The summed E-state index contributed by atoms with van der Waals surface area (Å²) in [5.74, 6) is 0.839. The molecule has 0 saturated heterocycles. The zero-order chi connectivity index (χ0) is 10.9. The largest absolute Gasteiger partial charge is 0.355 e. The average Bonchev–Trinajstić information content (AvgIpc) is 2.16. The van der Waals surface area contributed by atoms with Gasteiger partial charge < -0.3 is 10.6 Å². The van der Waals surface area contributed by atoms with Crippen molar-refractivity contribution in [2.24, 2.45) is 5.92 Å². The Hall–Kier alpha value is -0.280. The van der Waals surface area contributed by atoms with Crippen LogP contribution in [0.2, 0.25) is 0 Å². The van der Waals surface area contributed by atoms with E-state index in [1.54, 1.807) is 7.05 Å². The first-order chi connectivity index (χ1) is 7.33. The van der Waals surface area contributed by atoms with Gasteiger partial charge in [-0.1, -0.05) is 32.1 Å². The summed E-state index contributed by atoms with van der Waals surface area (Å²) in [6.07, 6.45) is 9.42. The summed E-state index contributed by atoms with van der Waals surface area (Å²) in [6, 6.07) is 0. The third-order valence-corrected chi connectivity index (χ3v) is 3.15. The molecule has 0 aromatic carbocycles. The zero-order valence-corrected chi connectivity index (χ0v) is 11.1. The minimum atomic E-state index is 0. The zero-order valence-electron chi connectivity index (χ0n) is 10.3. The van der Waals surface area contributed by atoms with E-state index in [2.05, 4.69) is 10.6 Å². The number of amides is 1. The maximum atomic E-state index is 11.3. The van der Waals surface area contributed by atoms with Crippen molar-refractivity contribution in [2.75, 3.05) is 20.1 Å². The van der Waals surface area contributed by atoms with Crippen LogP contribution in [-0.2, 0) is 4.79 Å². The highest BCUT2D eigenvalue weighted by Gasteiger charge is 2.11. The molecule has 0 atom stereocenters. The van der Waals surface area contributed by atoms with E-state index in [0.717, 1.165) is 6.54 Å². The van der Waals surface area contributed by atoms with E-state index in [1.165, 1.54) is 44.9 Å². The van der Waals surface area contributed by atoms with E-state index in [0.29, 0.717) is 12.5 Å². The second-order valence-electron chi connectivity index (χ2n) is 4.55. The van der Waals surface area contributed by atoms with Crippen LogP contribution in [0.1, 0.15) is 44.9 Å². The number of hydrogen-bond acceptors (Lipinski definition) is 2. The first-order valence-electron chi connectivity index (χ1n) is 6.24. The quantitative estimate of drug-likeness (QED) is 0.800. The molecule has 2 N–H and O–H groups in total. The lowest BCUT2D eigenvalue weighted by atomic mass is 9.91. The monoisotopic (exact) mass is 248 g/mol. The number of hydrogen-bond donors (Lipinski definition) is 2. The third-order valence-electron chi connectivity index (χ3n) is 3.15. The number of rotatable bonds is 4. The number of carbonyl (C=O) groups is 1. The van der Waals surface area contributed by atoms with Gasteiger partial charge in [-0.15, -0.1) is 12.4 Å². The maximum absolute atomic E-state index is 11.3. The first-order valence-corrected chi connectivity index (χ1v) is 6.24. The molecule has 1 aliphatic carbocycles. The van der Waals surface area contributed by atoms with Crippen LogP contribution < -0.4 is 10.6 Å². The molecular formula is C12H25ClN2O. The average molecular weight is 249 g/mol. The highest BCUT2D eigenvalue weighted by atomic mass is 35.5. The Balaban J connectivity index is 0.00000225. The van der Waals surface area contributed by atoms with Crippen molar-refractivity contribution in [3.05, 3.63) is 0 Å². The van der Waals surface area contributed by atoms with E-state index in [4.69, 9.17) is 0 Å². The molecule has 16 heavy (non-hydrogen) atoms. The molecule has 1 fully saturated rings. The summed E-state index contributed by atoms with van der Waals surface area (Å²) in [4.78, 5) is 11.3. The number of nitrogens with one attached hydrogen (secondary N) is 2. The van der Waals surface area contributed by atoms with E-state index in [-0.39, 0.29) is 18.3 Å². The van der Waals surface area contributed by atoms with E-state index >= 15 is 0 Å². The van der Waals surface area contributed by atoms with Crippen molar-refractivity contribution >= 4 is 18.3 Å². The molecule has 1 aliphatic rings. The van der Waals surface area contributed by atoms with Crippen molar-refractivity contribution in [1.82, 2.24) is 10.6 Å². The molecule has 0 radical (unpaired) electrons. The lowest BCUT2D eigenvalue weighted by Crippen LogP contribution is -2.35. The fraction of sp³-hybridized carbons (Fsp3) is 0.917. The molecule has 0 aromatic heterocycles. The normalized spacial score (nSPS) is 18.1. The van der Waals surface area contributed by atoms with E-state index in [9.17, 15) is 4.79 Å². The lowest BCUT2D eigenvalue weighted by Gasteiger charge is -2.19. The SMILES string of the molecule is CNCC(=O)NCC1CCCCCCC1.Cl. The van der Waals surface area contributed by atoms with Gasteiger partial charge in [-0.2, -0.15) is 0 Å². The van der Waals surface area contributed by atoms with Gasteiger partial charge in [-0.25, -0.2) is 0 Å². The Morgan fingerprint density at radius 2 is 1.69 bits per heavy atom. The van der Waals surface area contributed by atoms with Gasteiger partial charge in [0.05, 0.1) is 6.54 Å². The van der Waals surface area contributed by atoms with E-state index in [1.807, 2.05) is 0 Å². The number of likely N-dealkylation sites (N-methyl/N-ethyl adjacent to an activating group) is 1. The Kier molecular flexibility index (Phi) is 9.74. The fourth-order valence-electron chi connectivity index (χ4n) is 2.23. The molecule has 1 rings (SSSR count). The molecule has 3 nitrogen and oxygen atoms in total. The van der Waals surface area contributed by atoms with Gasteiger partial charge in [0.15, 0.2) is 0 Å². The molecule has 0 heterocycles. The van der Waals surface area contributed by atoms with Crippen molar-refractivity contribution in [3.8, 4) is 0 Å². The van der Waals surface area contributed by atoms with Gasteiger partial charge in [0, 0.05) is 6.54 Å². The van der Waals surface area contributed by atoms with Gasteiger partial charge in [-0.05, 0) is 25.8 Å². The smallest absolute Gasteiger partial charge is 0.233 e. The molecule has 0 spiro atoms. The van der Waals surface area contributed by atoms with Crippen LogP contribution in [-0.4, -0.2) is 26.0 Å². The van der Waals surface area contributed by atoms with Crippen molar-refractivity contribution in [1.29, 1.82) is 0 Å². The van der Waals surface area contributed by atoms with Crippen molar-refractivity contribution < 1.29 is 4.79 Å². The summed E-state index contributed by atoms with van der Waals surface area (Å²) in [5, 5.41) is 5.87. The number of carbonyl (C=O) groups excluding carboxylic acids is 1. The molecule has 0 aromatic rings. The second-order valence-corrected chi connectivity index (χ2v) is 4.55. The molecular weight excluding hydrogens is 224 g/mol.